The molecule has 27 heavy (non-hydrogen) atoms. The Labute approximate surface area is 163 Å². The lowest BCUT2D eigenvalue weighted by atomic mass is 10.1. The zero-order valence-corrected chi connectivity index (χ0v) is 16.7. The molecule has 3 aliphatic rings. The van der Waals surface area contributed by atoms with Crippen molar-refractivity contribution < 1.29 is 4.74 Å². The standard InChI is InChI=1S/C22H34N4O/c1-2-23-22(25-12-13-26(20-6-7-20)16-18-3-4-18)24-11-9-17-5-8-21-19(15-17)10-14-27-21/h5,8,15,18,20H,2-4,6-7,9-14,16H2,1H3,(H2,23,24,25). The maximum Gasteiger partial charge on any atom is 0.191 e. The van der Waals surface area contributed by atoms with Crippen LogP contribution in [0.15, 0.2) is 23.2 Å². The summed E-state index contributed by atoms with van der Waals surface area (Å²) in [5.41, 5.74) is 2.72. The molecule has 5 nitrogen and oxygen atoms in total. The first-order valence-corrected chi connectivity index (χ1v) is 10.8. The van der Waals surface area contributed by atoms with Crippen LogP contribution in [0, 0.1) is 5.92 Å². The summed E-state index contributed by atoms with van der Waals surface area (Å²) in [6, 6.07) is 7.43. The number of ether oxygens (including phenoxy) is 1. The first kappa shape index (κ1) is 18.6. The first-order valence-electron chi connectivity index (χ1n) is 10.8. The SMILES string of the molecule is CCNC(=NCCN(CC1CC1)C1CC1)NCCc1ccc2c(c1)CCO2. The molecule has 1 aromatic rings. The fourth-order valence-electron chi connectivity index (χ4n) is 3.85. The minimum atomic E-state index is 0.826. The normalized spacial score (nSPS) is 19.1. The number of guanidine groups is 1. The summed E-state index contributed by atoms with van der Waals surface area (Å²) in [5, 5.41) is 6.88. The van der Waals surface area contributed by atoms with Gasteiger partial charge in [0.1, 0.15) is 5.75 Å². The second kappa shape index (κ2) is 8.96. The molecule has 1 heterocycles. The predicted molar refractivity (Wildman–Crippen MR) is 111 cm³/mol. The summed E-state index contributed by atoms with van der Waals surface area (Å²) in [7, 11) is 0. The smallest absolute Gasteiger partial charge is 0.191 e. The van der Waals surface area contributed by atoms with Gasteiger partial charge in [-0.2, -0.15) is 0 Å². The molecule has 0 bridgehead atoms. The minimum Gasteiger partial charge on any atom is -0.493 e. The summed E-state index contributed by atoms with van der Waals surface area (Å²) in [6.07, 6.45) is 7.70. The number of hydrogen-bond acceptors (Lipinski definition) is 3. The van der Waals surface area contributed by atoms with Gasteiger partial charge in [0.05, 0.1) is 13.2 Å². The van der Waals surface area contributed by atoms with E-state index in [-0.39, 0.29) is 0 Å². The Kier molecular flexibility index (Phi) is 6.17. The van der Waals surface area contributed by atoms with Gasteiger partial charge < -0.3 is 15.4 Å². The molecule has 0 amide bonds. The zero-order valence-electron chi connectivity index (χ0n) is 16.7. The second-order valence-corrected chi connectivity index (χ2v) is 8.15. The molecule has 0 saturated heterocycles. The Bertz CT molecular complexity index is 652. The maximum absolute atomic E-state index is 5.59. The Morgan fingerprint density at radius 2 is 2.11 bits per heavy atom. The molecule has 0 radical (unpaired) electrons. The average Bonchev–Trinajstić information content (AvgIpc) is 3.59. The lowest BCUT2D eigenvalue weighted by Gasteiger charge is -2.21. The topological polar surface area (TPSA) is 48.9 Å². The Hall–Kier alpha value is -1.75. The van der Waals surface area contributed by atoms with Crippen molar-refractivity contribution in [2.45, 2.75) is 51.5 Å². The number of rotatable bonds is 10. The number of nitrogens with zero attached hydrogens (tertiary/aromatic N) is 2. The van der Waals surface area contributed by atoms with E-state index in [9.17, 15) is 0 Å². The summed E-state index contributed by atoms with van der Waals surface area (Å²) in [5.74, 6) is 2.98. The average molecular weight is 371 g/mol. The molecule has 2 aliphatic carbocycles. The molecule has 0 spiro atoms. The van der Waals surface area contributed by atoms with E-state index in [1.54, 1.807) is 0 Å². The highest BCUT2D eigenvalue weighted by molar-refractivity contribution is 5.79. The van der Waals surface area contributed by atoms with Crippen LogP contribution < -0.4 is 15.4 Å². The van der Waals surface area contributed by atoms with Crippen LogP contribution in [-0.4, -0.2) is 56.2 Å². The van der Waals surface area contributed by atoms with Crippen molar-refractivity contribution in [3.05, 3.63) is 29.3 Å². The van der Waals surface area contributed by atoms with Crippen LogP contribution in [0.4, 0.5) is 0 Å². The van der Waals surface area contributed by atoms with E-state index in [4.69, 9.17) is 9.73 Å². The Balaban J connectivity index is 1.22. The molecule has 1 aliphatic heterocycles. The molecule has 0 atom stereocenters. The molecule has 0 aromatic heterocycles. The molecule has 4 rings (SSSR count). The van der Waals surface area contributed by atoms with Gasteiger partial charge in [-0.25, -0.2) is 0 Å². The highest BCUT2D eigenvalue weighted by atomic mass is 16.5. The van der Waals surface area contributed by atoms with Gasteiger partial charge in [-0.1, -0.05) is 12.1 Å². The van der Waals surface area contributed by atoms with E-state index < -0.39 is 0 Å². The zero-order chi connectivity index (χ0) is 18.5. The lowest BCUT2D eigenvalue weighted by Crippen LogP contribution is -2.39. The fourth-order valence-corrected chi connectivity index (χ4v) is 3.85. The molecular formula is C22H34N4O. The number of fused-ring (bicyclic) bond motifs is 1. The third kappa shape index (κ3) is 5.61. The first-order chi connectivity index (χ1) is 13.3. The maximum atomic E-state index is 5.59. The van der Waals surface area contributed by atoms with Crippen LogP contribution in [-0.2, 0) is 12.8 Å². The van der Waals surface area contributed by atoms with Crippen LogP contribution in [0.1, 0.15) is 43.7 Å². The van der Waals surface area contributed by atoms with Crippen LogP contribution in [0.5, 0.6) is 5.75 Å². The fraction of sp³-hybridized carbons (Fsp3) is 0.682. The predicted octanol–water partition coefficient (Wildman–Crippen LogP) is 2.59. The van der Waals surface area contributed by atoms with Crippen molar-refractivity contribution in [2.24, 2.45) is 10.9 Å². The third-order valence-electron chi connectivity index (χ3n) is 5.71. The van der Waals surface area contributed by atoms with Crippen molar-refractivity contribution in [1.29, 1.82) is 0 Å². The third-order valence-corrected chi connectivity index (χ3v) is 5.71. The molecule has 0 unspecified atom stereocenters. The van der Waals surface area contributed by atoms with E-state index in [0.717, 1.165) is 69.3 Å². The van der Waals surface area contributed by atoms with Gasteiger partial charge in [-0.15, -0.1) is 0 Å². The van der Waals surface area contributed by atoms with Crippen molar-refractivity contribution in [1.82, 2.24) is 15.5 Å². The van der Waals surface area contributed by atoms with Crippen LogP contribution >= 0.6 is 0 Å². The van der Waals surface area contributed by atoms with Gasteiger partial charge in [0, 0.05) is 38.6 Å². The van der Waals surface area contributed by atoms with E-state index >= 15 is 0 Å². The van der Waals surface area contributed by atoms with Gasteiger partial charge >= 0.3 is 0 Å². The van der Waals surface area contributed by atoms with E-state index in [1.807, 2.05) is 0 Å². The van der Waals surface area contributed by atoms with E-state index in [1.165, 1.54) is 43.4 Å². The van der Waals surface area contributed by atoms with Crippen LogP contribution in [0.25, 0.3) is 0 Å². The molecule has 2 N–H and O–H groups in total. The quantitative estimate of drug-likeness (QED) is 0.491. The monoisotopic (exact) mass is 370 g/mol. The molecule has 5 heteroatoms. The molecule has 2 saturated carbocycles. The summed E-state index contributed by atoms with van der Waals surface area (Å²) in [6.45, 7) is 8.04. The van der Waals surface area contributed by atoms with Crippen molar-refractivity contribution in [3.8, 4) is 5.75 Å². The Morgan fingerprint density at radius 3 is 2.89 bits per heavy atom. The number of nitrogens with one attached hydrogen (secondary N) is 2. The molecule has 148 valence electrons. The summed E-state index contributed by atoms with van der Waals surface area (Å²) in [4.78, 5) is 7.49. The Morgan fingerprint density at radius 1 is 1.22 bits per heavy atom. The highest BCUT2D eigenvalue weighted by Crippen LogP contribution is 2.34. The van der Waals surface area contributed by atoms with Crippen molar-refractivity contribution >= 4 is 5.96 Å². The number of benzene rings is 1. The van der Waals surface area contributed by atoms with Gasteiger partial charge in [-0.05, 0) is 62.1 Å². The van der Waals surface area contributed by atoms with Gasteiger partial charge in [-0.3, -0.25) is 9.89 Å². The summed E-state index contributed by atoms with van der Waals surface area (Å²) >= 11 is 0. The highest BCUT2D eigenvalue weighted by Gasteiger charge is 2.33. The largest absolute Gasteiger partial charge is 0.493 e. The number of hydrogen-bond donors (Lipinski definition) is 2. The van der Waals surface area contributed by atoms with Gasteiger partial charge in [0.2, 0.25) is 0 Å². The van der Waals surface area contributed by atoms with Crippen LogP contribution in [0.3, 0.4) is 0 Å². The van der Waals surface area contributed by atoms with Crippen molar-refractivity contribution in [3.63, 3.8) is 0 Å². The van der Waals surface area contributed by atoms with Gasteiger partial charge in [0.15, 0.2) is 5.96 Å². The van der Waals surface area contributed by atoms with E-state index in [2.05, 4.69) is 40.7 Å². The molecule has 2 fully saturated rings. The second-order valence-electron chi connectivity index (χ2n) is 8.15. The van der Waals surface area contributed by atoms with E-state index in [0.29, 0.717) is 0 Å². The molecule has 1 aromatic carbocycles. The molecular weight excluding hydrogens is 336 g/mol. The lowest BCUT2D eigenvalue weighted by molar-refractivity contribution is 0.260. The summed E-state index contributed by atoms with van der Waals surface area (Å²) < 4.78 is 5.59. The van der Waals surface area contributed by atoms with Crippen LogP contribution in [0.2, 0.25) is 0 Å². The number of aliphatic imine (C=N–C) groups is 1. The van der Waals surface area contributed by atoms with Crippen molar-refractivity contribution in [2.75, 3.05) is 39.3 Å². The van der Waals surface area contributed by atoms with Gasteiger partial charge in [0.25, 0.3) is 0 Å². The minimum absolute atomic E-state index is 0.826.